The van der Waals surface area contributed by atoms with Crippen molar-refractivity contribution in [1.29, 1.82) is 0 Å². The average Bonchev–Trinajstić information content (AvgIpc) is 2.29. The third kappa shape index (κ3) is 5.99. The maximum absolute atomic E-state index is 11.9. The van der Waals surface area contributed by atoms with Crippen LogP contribution in [0.5, 0.6) is 0 Å². The minimum Gasteiger partial charge on any atom is -0.316 e. The molecule has 1 aromatic rings. The average molecular weight is 253 g/mol. The van der Waals surface area contributed by atoms with E-state index in [0.29, 0.717) is 5.92 Å². The molecule has 2 nitrogen and oxygen atoms in total. The Morgan fingerprint density at radius 2 is 1.88 bits per heavy atom. The van der Waals surface area contributed by atoms with Crippen molar-refractivity contribution < 1.29 is 4.21 Å². The van der Waals surface area contributed by atoms with Crippen LogP contribution < -0.4 is 5.32 Å². The fourth-order valence-electron chi connectivity index (χ4n) is 1.53. The minimum absolute atomic E-state index is 0.678. The molecule has 0 saturated heterocycles. The van der Waals surface area contributed by atoms with Crippen LogP contribution in [-0.4, -0.2) is 23.1 Å². The Balaban J connectivity index is 2.23. The summed E-state index contributed by atoms with van der Waals surface area (Å²) >= 11 is 0. The monoisotopic (exact) mass is 253 g/mol. The van der Waals surface area contributed by atoms with Gasteiger partial charge < -0.3 is 5.32 Å². The fraction of sp³-hybridized carbons (Fsp3) is 0.571. The van der Waals surface area contributed by atoms with Crippen LogP contribution in [-0.2, 0) is 10.8 Å². The molecule has 0 aliphatic carbocycles. The van der Waals surface area contributed by atoms with Crippen LogP contribution in [0.15, 0.2) is 29.2 Å². The number of hydrogen-bond donors (Lipinski definition) is 1. The Bertz CT molecular complexity index is 346. The van der Waals surface area contributed by atoms with E-state index in [1.165, 1.54) is 5.56 Å². The summed E-state index contributed by atoms with van der Waals surface area (Å²) < 4.78 is 11.9. The van der Waals surface area contributed by atoms with Gasteiger partial charge >= 0.3 is 0 Å². The summed E-state index contributed by atoms with van der Waals surface area (Å²) in [5, 5.41) is 3.37. The summed E-state index contributed by atoms with van der Waals surface area (Å²) in [5.41, 5.74) is 1.21. The first-order valence-electron chi connectivity index (χ1n) is 6.25. The molecular formula is C14H23NOS. The topological polar surface area (TPSA) is 29.1 Å². The van der Waals surface area contributed by atoms with E-state index in [1.54, 1.807) is 0 Å². The molecule has 1 atom stereocenters. The number of aryl methyl sites for hydroxylation is 1. The second-order valence-corrected chi connectivity index (χ2v) is 6.38. The van der Waals surface area contributed by atoms with E-state index in [0.717, 1.165) is 30.2 Å². The Morgan fingerprint density at radius 3 is 2.47 bits per heavy atom. The lowest BCUT2D eigenvalue weighted by Crippen LogP contribution is -2.21. The molecule has 0 fully saturated rings. The van der Waals surface area contributed by atoms with Gasteiger partial charge in [-0.1, -0.05) is 31.5 Å². The molecule has 0 aliphatic rings. The molecule has 1 aromatic carbocycles. The van der Waals surface area contributed by atoms with Gasteiger partial charge in [0.15, 0.2) is 0 Å². The predicted octanol–water partition coefficient (Wildman–Crippen LogP) is 2.74. The lowest BCUT2D eigenvalue weighted by molar-refractivity contribution is 0.550. The molecule has 0 aromatic heterocycles. The molecule has 0 aliphatic heterocycles. The van der Waals surface area contributed by atoms with Gasteiger partial charge in [0.1, 0.15) is 0 Å². The van der Waals surface area contributed by atoms with Gasteiger partial charge in [-0.2, -0.15) is 0 Å². The summed E-state index contributed by atoms with van der Waals surface area (Å²) in [4.78, 5) is 0.944. The van der Waals surface area contributed by atoms with Crippen LogP contribution >= 0.6 is 0 Å². The van der Waals surface area contributed by atoms with Gasteiger partial charge in [-0.05, 0) is 44.5 Å². The molecule has 3 heteroatoms. The predicted molar refractivity (Wildman–Crippen MR) is 74.8 cm³/mol. The van der Waals surface area contributed by atoms with E-state index >= 15 is 0 Å². The number of nitrogens with one attached hydrogen (secondary N) is 1. The Labute approximate surface area is 107 Å². The van der Waals surface area contributed by atoms with Crippen molar-refractivity contribution in [2.24, 2.45) is 5.92 Å². The van der Waals surface area contributed by atoms with Crippen molar-refractivity contribution in [3.05, 3.63) is 29.8 Å². The highest BCUT2D eigenvalue weighted by Gasteiger charge is 2.02. The molecular weight excluding hydrogens is 230 g/mol. The zero-order valence-electron chi connectivity index (χ0n) is 11.0. The van der Waals surface area contributed by atoms with Crippen molar-refractivity contribution in [3.8, 4) is 0 Å². The van der Waals surface area contributed by atoms with Crippen molar-refractivity contribution in [3.63, 3.8) is 0 Å². The normalized spacial score (nSPS) is 12.9. The maximum Gasteiger partial charge on any atom is 0.0529 e. The van der Waals surface area contributed by atoms with E-state index in [1.807, 2.05) is 31.2 Å². The first-order chi connectivity index (χ1) is 8.09. The molecule has 1 N–H and O–H groups in total. The zero-order valence-corrected chi connectivity index (χ0v) is 11.8. The Morgan fingerprint density at radius 1 is 1.24 bits per heavy atom. The largest absolute Gasteiger partial charge is 0.316 e. The molecule has 0 amide bonds. The summed E-state index contributed by atoms with van der Waals surface area (Å²) in [6, 6.07) is 7.97. The third-order valence-electron chi connectivity index (χ3n) is 2.52. The first-order valence-corrected chi connectivity index (χ1v) is 7.57. The van der Waals surface area contributed by atoms with Crippen LogP contribution in [0, 0.1) is 12.8 Å². The van der Waals surface area contributed by atoms with Crippen molar-refractivity contribution in [2.75, 3.05) is 18.8 Å². The van der Waals surface area contributed by atoms with Crippen molar-refractivity contribution in [1.82, 2.24) is 5.32 Å². The van der Waals surface area contributed by atoms with Crippen molar-refractivity contribution in [2.45, 2.75) is 32.1 Å². The molecule has 1 rings (SSSR count). The maximum atomic E-state index is 11.9. The molecule has 0 bridgehead atoms. The molecule has 1 unspecified atom stereocenters. The van der Waals surface area contributed by atoms with E-state index in [4.69, 9.17) is 0 Å². The molecule has 96 valence electrons. The smallest absolute Gasteiger partial charge is 0.0529 e. The lowest BCUT2D eigenvalue weighted by atomic mass is 10.2. The molecule has 17 heavy (non-hydrogen) atoms. The van der Waals surface area contributed by atoms with Crippen LogP contribution in [0.1, 0.15) is 25.8 Å². The van der Waals surface area contributed by atoms with Gasteiger partial charge in [-0.25, -0.2) is 0 Å². The second kappa shape index (κ2) is 7.62. The van der Waals surface area contributed by atoms with E-state index in [2.05, 4.69) is 19.2 Å². The van der Waals surface area contributed by atoms with Gasteiger partial charge in [-0.3, -0.25) is 4.21 Å². The third-order valence-corrected chi connectivity index (χ3v) is 3.98. The highest BCUT2D eigenvalue weighted by molar-refractivity contribution is 7.85. The van der Waals surface area contributed by atoms with E-state index in [-0.39, 0.29) is 0 Å². The number of rotatable bonds is 7. The minimum atomic E-state index is -0.846. The fourth-order valence-corrected chi connectivity index (χ4v) is 2.61. The van der Waals surface area contributed by atoms with Crippen molar-refractivity contribution >= 4 is 10.8 Å². The Kier molecular flexibility index (Phi) is 6.45. The number of benzene rings is 1. The Hall–Kier alpha value is -0.670. The quantitative estimate of drug-likeness (QED) is 0.757. The van der Waals surface area contributed by atoms with Gasteiger partial charge in [0.2, 0.25) is 0 Å². The highest BCUT2D eigenvalue weighted by atomic mass is 32.2. The molecule has 0 heterocycles. The highest BCUT2D eigenvalue weighted by Crippen LogP contribution is 2.08. The summed E-state index contributed by atoms with van der Waals surface area (Å²) in [7, 11) is -0.846. The zero-order chi connectivity index (χ0) is 12.7. The standard InChI is InChI=1S/C14H23NOS/c1-12(2)11-15-9-4-10-17(16)14-7-5-13(3)6-8-14/h5-8,12,15H,4,9-11H2,1-3H3. The van der Waals surface area contributed by atoms with E-state index in [9.17, 15) is 4.21 Å². The number of hydrogen-bond acceptors (Lipinski definition) is 2. The van der Waals surface area contributed by atoms with Crippen LogP contribution in [0.4, 0.5) is 0 Å². The first kappa shape index (κ1) is 14.4. The molecule has 0 radical (unpaired) electrons. The summed E-state index contributed by atoms with van der Waals surface area (Å²) in [6.07, 6.45) is 0.965. The van der Waals surface area contributed by atoms with Crippen LogP contribution in [0.25, 0.3) is 0 Å². The summed E-state index contributed by atoms with van der Waals surface area (Å²) in [5.74, 6) is 1.42. The van der Waals surface area contributed by atoms with Gasteiger partial charge in [0, 0.05) is 10.6 Å². The van der Waals surface area contributed by atoms with Crippen LogP contribution in [0.3, 0.4) is 0 Å². The lowest BCUT2D eigenvalue weighted by Gasteiger charge is -2.07. The molecule has 0 saturated carbocycles. The van der Waals surface area contributed by atoms with Crippen LogP contribution in [0.2, 0.25) is 0 Å². The van der Waals surface area contributed by atoms with E-state index < -0.39 is 10.8 Å². The van der Waals surface area contributed by atoms with Gasteiger partial charge in [0.25, 0.3) is 0 Å². The summed E-state index contributed by atoms with van der Waals surface area (Å²) in [6.45, 7) is 8.42. The second-order valence-electron chi connectivity index (χ2n) is 4.81. The SMILES string of the molecule is Cc1ccc(S(=O)CCCNCC(C)C)cc1. The van der Waals surface area contributed by atoms with Gasteiger partial charge in [-0.15, -0.1) is 0 Å². The van der Waals surface area contributed by atoms with Gasteiger partial charge in [0.05, 0.1) is 10.8 Å². The molecule has 0 spiro atoms.